The molecule has 0 atom stereocenters. The van der Waals surface area contributed by atoms with Crippen molar-refractivity contribution in [3.05, 3.63) is 69.2 Å². The summed E-state index contributed by atoms with van der Waals surface area (Å²) >= 11 is 1.43. The maximum absolute atomic E-state index is 12.7. The van der Waals surface area contributed by atoms with E-state index in [1.165, 1.54) is 16.9 Å². The molecule has 0 bridgehead atoms. The van der Waals surface area contributed by atoms with Gasteiger partial charge >= 0.3 is 0 Å². The van der Waals surface area contributed by atoms with Crippen molar-refractivity contribution in [2.75, 3.05) is 21.3 Å². The highest BCUT2D eigenvalue weighted by Gasteiger charge is 2.17. The van der Waals surface area contributed by atoms with E-state index in [1.807, 2.05) is 37.3 Å². The first kappa shape index (κ1) is 20.7. The molecule has 1 heterocycles. The molecular formula is C22H24N2O4S. The summed E-state index contributed by atoms with van der Waals surface area (Å²) in [5, 5.41) is 3.88. The lowest BCUT2D eigenvalue weighted by Crippen LogP contribution is -2.22. The molecule has 3 aromatic rings. The third kappa shape index (κ3) is 4.86. The molecular weight excluding hydrogens is 388 g/mol. The molecule has 0 unspecified atom stereocenters. The van der Waals surface area contributed by atoms with Crippen molar-refractivity contribution in [1.29, 1.82) is 0 Å². The lowest BCUT2D eigenvalue weighted by Gasteiger charge is -2.14. The fourth-order valence-corrected chi connectivity index (χ4v) is 4.02. The van der Waals surface area contributed by atoms with Crippen LogP contribution in [0.2, 0.25) is 0 Å². The van der Waals surface area contributed by atoms with Crippen molar-refractivity contribution in [3.8, 4) is 17.2 Å². The Morgan fingerprint density at radius 3 is 2.24 bits per heavy atom. The van der Waals surface area contributed by atoms with Gasteiger partial charge in [0, 0.05) is 13.0 Å². The van der Waals surface area contributed by atoms with Crippen LogP contribution in [0.1, 0.15) is 31.5 Å². The van der Waals surface area contributed by atoms with Gasteiger partial charge in [0.2, 0.25) is 5.75 Å². The molecule has 0 radical (unpaired) electrons. The Morgan fingerprint density at radius 1 is 1.00 bits per heavy atom. The maximum atomic E-state index is 12.7. The smallest absolute Gasteiger partial charge is 0.263 e. The number of aryl methyl sites for hydroxylation is 1. The average Bonchev–Trinajstić information content (AvgIpc) is 3.11. The number of thiazole rings is 1. The Labute approximate surface area is 174 Å². The zero-order valence-corrected chi connectivity index (χ0v) is 17.8. The highest BCUT2D eigenvalue weighted by Crippen LogP contribution is 2.38. The van der Waals surface area contributed by atoms with E-state index in [0.717, 1.165) is 16.3 Å². The number of aromatic nitrogens is 1. The van der Waals surface area contributed by atoms with Crippen LogP contribution in [0.4, 0.5) is 0 Å². The van der Waals surface area contributed by atoms with Crippen LogP contribution in [0.15, 0.2) is 42.5 Å². The molecule has 29 heavy (non-hydrogen) atoms. The van der Waals surface area contributed by atoms with Crippen LogP contribution >= 0.6 is 11.3 Å². The molecule has 7 heteroatoms. The summed E-state index contributed by atoms with van der Waals surface area (Å²) in [5.74, 6) is 1.48. The Balaban J connectivity index is 1.71. The lowest BCUT2D eigenvalue weighted by atomic mass is 10.1. The van der Waals surface area contributed by atoms with Gasteiger partial charge in [0.25, 0.3) is 5.91 Å². The number of rotatable bonds is 8. The van der Waals surface area contributed by atoms with Gasteiger partial charge in [-0.1, -0.05) is 30.3 Å². The van der Waals surface area contributed by atoms with Crippen LogP contribution in [0, 0.1) is 6.92 Å². The third-order valence-electron chi connectivity index (χ3n) is 4.42. The van der Waals surface area contributed by atoms with Gasteiger partial charge in [-0.05, 0) is 30.2 Å². The van der Waals surface area contributed by atoms with E-state index in [9.17, 15) is 4.79 Å². The lowest BCUT2D eigenvalue weighted by molar-refractivity contribution is 0.0954. The second-order valence-electron chi connectivity index (χ2n) is 6.40. The number of nitrogens with zero attached hydrogens (tertiary/aromatic N) is 1. The van der Waals surface area contributed by atoms with Crippen molar-refractivity contribution >= 4 is 17.2 Å². The minimum absolute atomic E-state index is 0.145. The van der Waals surface area contributed by atoms with E-state index in [1.54, 1.807) is 21.3 Å². The van der Waals surface area contributed by atoms with Gasteiger partial charge in [0.15, 0.2) is 11.5 Å². The predicted octanol–water partition coefficient (Wildman–Crippen LogP) is 4.00. The van der Waals surface area contributed by atoms with E-state index >= 15 is 0 Å². The topological polar surface area (TPSA) is 69.7 Å². The molecule has 0 fully saturated rings. The number of hydrogen-bond donors (Lipinski definition) is 1. The second kappa shape index (κ2) is 9.43. The molecule has 0 saturated heterocycles. The molecule has 2 aromatic carbocycles. The van der Waals surface area contributed by atoms with Crippen molar-refractivity contribution in [3.63, 3.8) is 0 Å². The van der Waals surface area contributed by atoms with E-state index in [0.29, 0.717) is 35.1 Å². The van der Waals surface area contributed by atoms with Gasteiger partial charge in [-0.15, -0.1) is 11.3 Å². The van der Waals surface area contributed by atoms with E-state index in [-0.39, 0.29) is 5.91 Å². The zero-order valence-electron chi connectivity index (χ0n) is 16.9. The number of methoxy groups -OCH3 is 3. The first-order valence-corrected chi connectivity index (χ1v) is 9.94. The van der Waals surface area contributed by atoms with Crippen molar-refractivity contribution < 1.29 is 19.0 Å². The summed E-state index contributed by atoms with van der Waals surface area (Å²) in [6.45, 7) is 2.19. The molecule has 3 rings (SSSR count). The first-order valence-electron chi connectivity index (χ1n) is 9.13. The van der Waals surface area contributed by atoms with Gasteiger partial charge in [0.05, 0.1) is 32.0 Å². The second-order valence-corrected chi connectivity index (χ2v) is 7.48. The summed E-state index contributed by atoms with van der Waals surface area (Å²) in [4.78, 5) is 17.9. The highest BCUT2D eigenvalue weighted by molar-refractivity contribution is 7.13. The number of carbonyl (C=O) groups is 1. The van der Waals surface area contributed by atoms with E-state index < -0.39 is 0 Å². The number of nitrogens with one attached hydrogen (secondary N) is 1. The van der Waals surface area contributed by atoms with Crippen LogP contribution in [0.5, 0.6) is 17.2 Å². The molecule has 0 aliphatic rings. The van der Waals surface area contributed by atoms with Gasteiger partial charge in [-0.3, -0.25) is 4.79 Å². The maximum Gasteiger partial charge on any atom is 0.263 e. The third-order valence-corrected chi connectivity index (χ3v) is 5.58. The predicted molar refractivity (Wildman–Crippen MR) is 113 cm³/mol. The summed E-state index contributed by atoms with van der Waals surface area (Å²) in [7, 11) is 4.69. The van der Waals surface area contributed by atoms with Crippen LogP contribution in [0.25, 0.3) is 0 Å². The highest BCUT2D eigenvalue weighted by atomic mass is 32.1. The molecule has 0 spiro atoms. The van der Waals surface area contributed by atoms with Crippen LogP contribution in [-0.4, -0.2) is 32.2 Å². The first-order chi connectivity index (χ1) is 14.0. The van der Waals surface area contributed by atoms with Crippen molar-refractivity contribution in [1.82, 2.24) is 10.3 Å². The van der Waals surface area contributed by atoms with Crippen LogP contribution in [0.3, 0.4) is 0 Å². The van der Waals surface area contributed by atoms with Gasteiger partial charge in [-0.25, -0.2) is 4.98 Å². The molecule has 152 valence electrons. The van der Waals surface area contributed by atoms with Crippen molar-refractivity contribution in [2.24, 2.45) is 0 Å². The number of ether oxygens (including phenoxy) is 3. The van der Waals surface area contributed by atoms with E-state index in [2.05, 4.69) is 22.4 Å². The zero-order chi connectivity index (χ0) is 20.8. The number of carbonyl (C=O) groups excluding carboxylic acids is 1. The monoisotopic (exact) mass is 412 g/mol. The Morgan fingerprint density at radius 2 is 1.66 bits per heavy atom. The van der Waals surface area contributed by atoms with Crippen LogP contribution < -0.4 is 19.5 Å². The molecule has 1 N–H and O–H groups in total. The summed E-state index contributed by atoms with van der Waals surface area (Å²) in [6, 6.07) is 13.7. The van der Waals surface area contributed by atoms with Crippen molar-refractivity contribution in [2.45, 2.75) is 19.9 Å². The number of amides is 1. The SMILES string of the molecule is COc1cc(CNC(=O)c2sc(Cc3ccccc3)nc2C)cc(OC)c1OC. The van der Waals surface area contributed by atoms with E-state index in [4.69, 9.17) is 14.2 Å². The molecule has 0 aliphatic carbocycles. The Bertz CT molecular complexity index is 961. The Hall–Kier alpha value is -3.06. The molecule has 0 aliphatic heterocycles. The summed E-state index contributed by atoms with van der Waals surface area (Å²) < 4.78 is 16.1. The molecule has 1 amide bonds. The minimum atomic E-state index is -0.145. The normalized spacial score (nSPS) is 10.5. The fourth-order valence-electron chi connectivity index (χ4n) is 3.01. The summed E-state index contributed by atoms with van der Waals surface area (Å²) in [6.07, 6.45) is 0.715. The quantitative estimate of drug-likeness (QED) is 0.606. The van der Waals surface area contributed by atoms with Crippen LogP contribution in [-0.2, 0) is 13.0 Å². The number of hydrogen-bond acceptors (Lipinski definition) is 6. The van der Waals surface area contributed by atoms with Gasteiger partial charge < -0.3 is 19.5 Å². The van der Waals surface area contributed by atoms with Gasteiger partial charge in [0.1, 0.15) is 4.88 Å². The summed E-state index contributed by atoms with van der Waals surface area (Å²) in [5.41, 5.74) is 2.76. The molecule has 6 nitrogen and oxygen atoms in total. The fraction of sp³-hybridized carbons (Fsp3) is 0.273. The molecule has 0 saturated carbocycles. The van der Waals surface area contributed by atoms with Gasteiger partial charge in [-0.2, -0.15) is 0 Å². The Kier molecular flexibility index (Phi) is 6.72. The standard InChI is InChI=1S/C22H24N2O4S/c1-14-21(29-19(24-14)12-15-8-6-5-7-9-15)22(25)23-13-16-10-17(26-2)20(28-4)18(11-16)27-3/h5-11H,12-13H2,1-4H3,(H,23,25). The minimum Gasteiger partial charge on any atom is -0.493 e. The molecule has 1 aromatic heterocycles. The largest absolute Gasteiger partial charge is 0.493 e. The number of benzene rings is 2. The average molecular weight is 413 g/mol.